The van der Waals surface area contributed by atoms with Gasteiger partial charge in [-0.25, -0.2) is 0 Å². The summed E-state index contributed by atoms with van der Waals surface area (Å²) in [4.78, 5) is 10.8. The molecule has 0 amide bonds. The first-order chi connectivity index (χ1) is 5.52. The average molecular weight is 170 g/mol. The lowest BCUT2D eigenvalue weighted by Crippen LogP contribution is -2.32. The van der Waals surface area contributed by atoms with E-state index in [9.17, 15) is 4.79 Å². The van der Waals surface area contributed by atoms with Gasteiger partial charge in [0.2, 0.25) is 0 Å². The molecule has 1 rings (SSSR count). The quantitative estimate of drug-likeness (QED) is 0.656. The van der Waals surface area contributed by atoms with Crippen LogP contribution in [0.3, 0.4) is 0 Å². The molecule has 70 valence electrons. The van der Waals surface area contributed by atoms with Gasteiger partial charge in [-0.3, -0.25) is 4.79 Å². The van der Waals surface area contributed by atoms with Gasteiger partial charge in [0.25, 0.3) is 0 Å². The fourth-order valence-electron chi connectivity index (χ4n) is 2.19. The van der Waals surface area contributed by atoms with Gasteiger partial charge in [0.05, 0.1) is 5.92 Å². The Morgan fingerprint density at radius 1 is 1.08 bits per heavy atom. The molecule has 1 aliphatic rings. The molecule has 4 atom stereocenters. The number of hydrogen-bond donors (Lipinski definition) is 1. The maximum atomic E-state index is 10.8. The molecule has 0 unspecified atom stereocenters. The molecule has 0 aromatic carbocycles. The van der Waals surface area contributed by atoms with Crippen LogP contribution in [0.15, 0.2) is 0 Å². The largest absolute Gasteiger partial charge is 0.481 e. The summed E-state index contributed by atoms with van der Waals surface area (Å²) in [6.45, 7) is 6.44. The Kier molecular flexibility index (Phi) is 2.76. The van der Waals surface area contributed by atoms with Crippen LogP contribution in [0.4, 0.5) is 0 Å². The van der Waals surface area contributed by atoms with Gasteiger partial charge in [0.15, 0.2) is 0 Å². The van der Waals surface area contributed by atoms with Crippen LogP contribution < -0.4 is 0 Å². The monoisotopic (exact) mass is 170 g/mol. The molecule has 0 radical (unpaired) electrons. The van der Waals surface area contributed by atoms with Crippen molar-refractivity contribution in [2.24, 2.45) is 23.7 Å². The minimum atomic E-state index is -0.610. The van der Waals surface area contributed by atoms with Crippen molar-refractivity contribution >= 4 is 5.97 Å². The molecule has 0 aromatic heterocycles. The predicted octanol–water partition coefficient (Wildman–Crippen LogP) is 2.39. The van der Waals surface area contributed by atoms with Crippen LogP contribution in [0, 0.1) is 23.7 Å². The fourth-order valence-corrected chi connectivity index (χ4v) is 2.19. The molecule has 0 aliphatic heterocycles. The minimum absolute atomic E-state index is 0.101. The molecule has 12 heavy (non-hydrogen) atoms. The second kappa shape index (κ2) is 3.46. The molecule has 0 aromatic rings. The van der Waals surface area contributed by atoms with Gasteiger partial charge in [-0.1, -0.05) is 20.8 Å². The SMILES string of the molecule is C[C@@H]1C[C@H](C)[C@@H](C)C[C@H]1C(=O)O. The van der Waals surface area contributed by atoms with Crippen molar-refractivity contribution in [2.75, 3.05) is 0 Å². The fraction of sp³-hybridized carbons (Fsp3) is 0.900. The van der Waals surface area contributed by atoms with Gasteiger partial charge in [-0.15, -0.1) is 0 Å². The number of rotatable bonds is 1. The molecule has 1 saturated carbocycles. The summed E-state index contributed by atoms with van der Waals surface area (Å²) in [6.07, 6.45) is 1.93. The lowest BCUT2D eigenvalue weighted by molar-refractivity contribution is -0.145. The van der Waals surface area contributed by atoms with Crippen LogP contribution in [0.2, 0.25) is 0 Å². The maximum absolute atomic E-state index is 10.8. The summed E-state index contributed by atoms with van der Waals surface area (Å²) in [5, 5.41) is 8.91. The van der Waals surface area contributed by atoms with E-state index in [-0.39, 0.29) is 5.92 Å². The number of carbonyl (C=O) groups is 1. The zero-order chi connectivity index (χ0) is 9.30. The van der Waals surface area contributed by atoms with Crippen molar-refractivity contribution < 1.29 is 9.90 Å². The highest BCUT2D eigenvalue weighted by Crippen LogP contribution is 2.37. The lowest BCUT2D eigenvalue weighted by atomic mass is 9.70. The average Bonchev–Trinajstić information content (AvgIpc) is 1.96. The van der Waals surface area contributed by atoms with Crippen molar-refractivity contribution in [1.29, 1.82) is 0 Å². The third-order valence-corrected chi connectivity index (χ3v) is 3.34. The van der Waals surface area contributed by atoms with Crippen LogP contribution in [-0.4, -0.2) is 11.1 Å². The Morgan fingerprint density at radius 2 is 1.58 bits per heavy atom. The van der Waals surface area contributed by atoms with Gasteiger partial charge in [0.1, 0.15) is 0 Å². The van der Waals surface area contributed by atoms with E-state index >= 15 is 0 Å². The molecule has 0 spiro atoms. The highest BCUT2D eigenvalue weighted by atomic mass is 16.4. The summed E-state index contributed by atoms with van der Waals surface area (Å²) in [6, 6.07) is 0. The molecule has 1 N–H and O–H groups in total. The van der Waals surface area contributed by atoms with Crippen LogP contribution in [0.5, 0.6) is 0 Å². The normalized spacial score (nSPS) is 42.6. The highest BCUT2D eigenvalue weighted by molar-refractivity contribution is 5.70. The van der Waals surface area contributed by atoms with E-state index in [0.29, 0.717) is 17.8 Å². The van der Waals surface area contributed by atoms with Crippen molar-refractivity contribution in [2.45, 2.75) is 33.6 Å². The molecule has 2 heteroatoms. The standard InChI is InChI=1S/C10H18O2/c1-6-4-8(3)9(10(11)12)5-7(6)2/h6-9H,4-5H2,1-3H3,(H,11,12)/t6-,7-,8+,9+/m0/s1. The van der Waals surface area contributed by atoms with E-state index in [0.717, 1.165) is 12.8 Å². The Morgan fingerprint density at radius 3 is 2.08 bits per heavy atom. The maximum Gasteiger partial charge on any atom is 0.306 e. The molecule has 1 aliphatic carbocycles. The Bertz CT molecular complexity index is 177. The lowest BCUT2D eigenvalue weighted by Gasteiger charge is -2.34. The summed E-state index contributed by atoms with van der Waals surface area (Å²) >= 11 is 0. The van der Waals surface area contributed by atoms with Crippen molar-refractivity contribution in [1.82, 2.24) is 0 Å². The molecule has 1 fully saturated rings. The molecular weight excluding hydrogens is 152 g/mol. The van der Waals surface area contributed by atoms with E-state index < -0.39 is 5.97 Å². The number of carboxylic acids is 1. The van der Waals surface area contributed by atoms with E-state index in [1.54, 1.807) is 0 Å². The van der Waals surface area contributed by atoms with E-state index in [1.807, 2.05) is 0 Å². The van der Waals surface area contributed by atoms with Gasteiger partial charge in [-0.05, 0) is 30.6 Å². The first-order valence-electron chi connectivity index (χ1n) is 4.75. The van der Waals surface area contributed by atoms with Gasteiger partial charge in [0, 0.05) is 0 Å². The van der Waals surface area contributed by atoms with Crippen molar-refractivity contribution in [3.63, 3.8) is 0 Å². The Labute approximate surface area is 74.0 Å². The third-order valence-electron chi connectivity index (χ3n) is 3.34. The zero-order valence-corrected chi connectivity index (χ0v) is 8.08. The van der Waals surface area contributed by atoms with Gasteiger partial charge >= 0.3 is 5.97 Å². The van der Waals surface area contributed by atoms with E-state index in [1.165, 1.54) is 0 Å². The smallest absolute Gasteiger partial charge is 0.306 e. The summed E-state index contributed by atoms with van der Waals surface area (Å²) < 4.78 is 0. The van der Waals surface area contributed by atoms with Crippen LogP contribution >= 0.6 is 0 Å². The van der Waals surface area contributed by atoms with Crippen molar-refractivity contribution in [3.05, 3.63) is 0 Å². The van der Waals surface area contributed by atoms with Crippen LogP contribution in [-0.2, 0) is 4.79 Å². The second-order valence-electron chi connectivity index (χ2n) is 4.35. The third kappa shape index (κ3) is 1.79. The number of aliphatic carboxylic acids is 1. The van der Waals surface area contributed by atoms with Crippen LogP contribution in [0.25, 0.3) is 0 Å². The van der Waals surface area contributed by atoms with Gasteiger partial charge < -0.3 is 5.11 Å². The Balaban J connectivity index is 2.61. The molecule has 2 nitrogen and oxygen atoms in total. The number of hydrogen-bond acceptors (Lipinski definition) is 1. The summed E-state index contributed by atoms with van der Waals surface area (Å²) in [5.41, 5.74) is 0. The molecule has 0 saturated heterocycles. The number of carboxylic acid groups (broad SMARTS) is 1. The predicted molar refractivity (Wildman–Crippen MR) is 47.9 cm³/mol. The van der Waals surface area contributed by atoms with Gasteiger partial charge in [-0.2, -0.15) is 0 Å². The molecule has 0 heterocycles. The minimum Gasteiger partial charge on any atom is -0.481 e. The second-order valence-corrected chi connectivity index (χ2v) is 4.35. The Hall–Kier alpha value is -0.530. The topological polar surface area (TPSA) is 37.3 Å². The van der Waals surface area contributed by atoms with Crippen LogP contribution in [0.1, 0.15) is 33.6 Å². The first-order valence-corrected chi connectivity index (χ1v) is 4.75. The molecule has 0 bridgehead atoms. The zero-order valence-electron chi connectivity index (χ0n) is 8.08. The highest BCUT2D eigenvalue weighted by Gasteiger charge is 2.34. The van der Waals surface area contributed by atoms with Crippen molar-refractivity contribution in [3.8, 4) is 0 Å². The first kappa shape index (κ1) is 9.56. The summed E-state index contributed by atoms with van der Waals surface area (Å²) in [5.74, 6) is 0.907. The van der Waals surface area contributed by atoms with E-state index in [2.05, 4.69) is 20.8 Å². The summed E-state index contributed by atoms with van der Waals surface area (Å²) in [7, 11) is 0. The molecular formula is C10H18O2. The van der Waals surface area contributed by atoms with E-state index in [4.69, 9.17) is 5.11 Å².